The molecule has 0 spiro atoms. The van der Waals surface area contributed by atoms with Crippen molar-refractivity contribution < 1.29 is 4.79 Å². The standard InChI is InChI=1S/C29H39N11O/c1-17-8-9-18(27(41)36-22(31)14-21(30)29(2,3)4)13-20(17)35-26-24-23(33-16-34-26)25(32)38-28(37-24)40-12-11-39-10-6-5-7-19(39)15-40/h8-9,13-14,16,19H,5-7,10-12,15,30H2,1-4H3,(H2,31,36,41)(H2,32,37,38)(H,33,34,35). The molecule has 12 nitrogen and oxygen atoms in total. The van der Waals surface area contributed by atoms with E-state index >= 15 is 0 Å². The molecule has 1 atom stereocenters. The maximum atomic E-state index is 13.0. The Labute approximate surface area is 240 Å². The van der Waals surface area contributed by atoms with Crippen LogP contribution in [-0.4, -0.2) is 68.8 Å². The average molecular weight is 558 g/mol. The number of carbonyl (C=O) groups is 1. The molecule has 2 fully saturated rings. The molecule has 7 N–H and O–H groups in total. The van der Waals surface area contributed by atoms with Crippen LogP contribution in [-0.2, 0) is 0 Å². The van der Waals surface area contributed by atoms with E-state index in [1.54, 1.807) is 12.1 Å². The number of allylic oxidation sites excluding steroid dienone is 1. The molecule has 2 aliphatic rings. The van der Waals surface area contributed by atoms with Crippen molar-refractivity contribution in [3.05, 3.63) is 47.4 Å². The maximum absolute atomic E-state index is 13.0. The van der Waals surface area contributed by atoms with Crippen LogP contribution in [0.3, 0.4) is 0 Å². The maximum Gasteiger partial charge on any atom is 0.256 e. The van der Waals surface area contributed by atoms with E-state index in [2.05, 4.69) is 35.4 Å². The molecule has 2 aromatic heterocycles. The number of fused-ring (bicyclic) bond motifs is 2. The van der Waals surface area contributed by atoms with Crippen molar-refractivity contribution in [3.8, 4) is 0 Å². The predicted molar refractivity (Wildman–Crippen MR) is 162 cm³/mol. The minimum Gasteiger partial charge on any atom is -0.401 e. The third-order valence-corrected chi connectivity index (χ3v) is 7.78. The fraction of sp³-hybridized carbons (Fsp3) is 0.448. The summed E-state index contributed by atoms with van der Waals surface area (Å²) in [5, 5.41) is 14.1. The number of piperazine rings is 1. The van der Waals surface area contributed by atoms with Gasteiger partial charge in [0.2, 0.25) is 5.95 Å². The number of nitrogens with one attached hydrogen (secondary N) is 3. The Hall–Kier alpha value is -4.32. The molecule has 2 saturated heterocycles. The van der Waals surface area contributed by atoms with Crippen molar-refractivity contribution in [1.29, 1.82) is 5.41 Å². The molecule has 41 heavy (non-hydrogen) atoms. The third kappa shape index (κ3) is 6.22. The van der Waals surface area contributed by atoms with Crippen molar-refractivity contribution in [2.45, 2.75) is 53.0 Å². The molecule has 0 saturated carbocycles. The first-order chi connectivity index (χ1) is 19.5. The van der Waals surface area contributed by atoms with Crippen LogP contribution in [0.1, 0.15) is 56.0 Å². The van der Waals surface area contributed by atoms with Crippen molar-refractivity contribution in [2.75, 3.05) is 42.1 Å². The van der Waals surface area contributed by atoms with Crippen molar-refractivity contribution in [3.63, 3.8) is 0 Å². The molecule has 12 heteroatoms. The smallest absolute Gasteiger partial charge is 0.256 e. The molecule has 5 rings (SSSR count). The lowest BCUT2D eigenvalue weighted by Crippen LogP contribution is -2.55. The van der Waals surface area contributed by atoms with Gasteiger partial charge in [-0.3, -0.25) is 15.1 Å². The number of piperidine rings is 1. The summed E-state index contributed by atoms with van der Waals surface area (Å²) in [5.41, 5.74) is 15.5. The molecule has 1 aromatic carbocycles. The first kappa shape index (κ1) is 28.2. The van der Waals surface area contributed by atoms with Crippen LogP contribution in [0, 0.1) is 17.7 Å². The molecular formula is C29H39N11O. The monoisotopic (exact) mass is 557 g/mol. The van der Waals surface area contributed by atoms with Gasteiger partial charge in [-0.05, 0) is 50.1 Å². The van der Waals surface area contributed by atoms with E-state index in [4.69, 9.17) is 21.9 Å². The highest BCUT2D eigenvalue weighted by Gasteiger charge is 2.30. The minimum absolute atomic E-state index is 0.0759. The molecule has 1 amide bonds. The number of rotatable bonds is 5. The second-order valence-electron chi connectivity index (χ2n) is 11.8. The van der Waals surface area contributed by atoms with E-state index in [0.717, 1.165) is 31.7 Å². The number of aryl methyl sites for hydroxylation is 1. The van der Waals surface area contributed by atoms with Gasteiger partial charge in [-0.25, -0.2) is 15.0 Å². The van der Waals surface area contributed by atoms with Gasteiger partial charge in [0.05, 0.1) is 0 Å². The zero-order chi connectivity index (χ0) is 29.3. The Balaban J connectivity index is 1.39. The molecule has 1 unspecified atom stereocenters. The molecule has 0 radical (unpaired) electrons. The number of hydrogen-bond acceptors (Lipinski definition) is 11. The molecule has 4 heterocycles. The van der Waals surface area contributed by atoms with E-state index in [9.17, 15) is 4.79 Å². The van der Waals surface area contributed by atoms with E-state index < -0.39 is 5.91 Å². The number of nitrogen functional groups attached to an aromatic ring is 1. The van der Waals surface area contributed by atoms with Gasteiger partial charge in [-0.2, -0.15) is 4.98 Å². The zero-order valence-corrected chi connectivity index (χ0v) is 24.2. The van der Waals surface area contributed by atoms with Crippen molar-refractivity contribution in [2.24, 2.45) is 11.1 Å². The summed E-state index contributed by atoms with van der Waals surface area (Å²) in [7, 11) is 0. The number of amides is 1. The van der Waals surface area contributed by atoms with Gasteiger partial charge in [0, 0.05) is 48.0 Å². The quantitative estimate of drug-likeness (QED) is 0.231. The average Bonchev–Trinajstić information content (AvgIpc) is 2.93. The fourth-order valence-corrected chi connectivity index (χ4v) is 5.16. The molecule has 2 aliphatic heterocycles. The summed E-state index contributed by atoms with van der Waals surface area (Å²) >= 11 is 0. The largest absolute Gasteiger partial charge is 0.401 e. The topological polar surface area (TPSA) is 175 Å². The summed E-state index contributed by atoms with van der Waals surface area (Å²) in [4.78, 5) is 36.0. The summed E-state index contributed by atoms with van der Waals surface area (Å²) in [5.74, 6) is 0.847. The first-order valence-electron chi connectivity index (χ1n) is 14.0. The lowest BCUT2D eigenvalue weighted by molar-refractivity contribution is 0.0977. The highest BCUT2D eigenvalue weighted by Crippen LogP contribution is 2.30. The van der Waals surface area contributed by atoms with E-state index in [0.29, 0.717) is 51.6 Å². The fourth-order valence-electron chi connectivity index (χ4n) is 5.16. The Morgan fingerprint density at radius 2 is 1.93 bits per heavy atom. The molecule has 0 bridgehead atoms. The Morgan fingerprint density at radius 3 is 2.71 bits per heavy atom. The van der Waals surface area contributed by atoms with E-state index in [-0.39, 0.29) is 11.3 Å². The molecular weight excluding hydrogens is 518 g/mol. The third-order valence-electron chi connectivity index (χ3n) is 7.78. The number of hydrogen-bond donors (Lipinski definition) is 5. The lowest BCUT2D eigenvalue weighted by atomic mass is 9.92. The highest BCUT2D eigenvalue weighted by molar-refractivity contribution is 6.09. The number of anilines is 4. The van der Waals surface area contributed by atoms with Gasteiger partial charge in [0.15, 0.2) is 11.6 Å². The van der Waals surface area contributed by atoms with Gasteiger partial charge >= 0.3 is 0 Å². The second-order valence-corrected chi connectivity index (χ2v) is 11.8. The lowest BCUT2D eigenvalue weighted by Gasteiger charge is -2.44. The van der Waals surface area contributed by atoms with Crippen LogP contribution in [0.2, 0.25) is 0 Å². The van der Waals surface area contributed by atoms with Crippen LogP contribution < -0.4 is 27.0 Å². The van der Waals surface area contributed by atoms with Crippen LogP contribution in [0.5, 0.6) is 0 Å². The summed E-state index contributed by atoms with van der Waals surface area (Å²) in [6.45, 7) is 11.6. The van der Waals surface area contributed by atoms with Gasteiger partial charge < -0.3 is 27.0 Å². The Kier molecular flexibility index (Phi) is 7.76. The number of nitrogens with two attached hydrogens (primary N) is 2. The van der Waals surface area contributed by atoms with Crippen molar-refractivity contribution in [1.82, 2.24) is 30.2 Å². The summed E-state index contributed by atoms with van der Waals surface area (Å²) in [6, 6.07) is 5.76. The van der Waals surface area contributed by atoms with Crippen LogP contribution in [0.15, 0.2) is 36.3 Å². The Morgan fingerprint density at radius 1 is 1.12 bits per heavy atom. The summed E-state index contributed by atoms with van der Waals surface area (Å²) in [6.07, 6.45) is 6.57. The molecule has 3 aromatic rings. The number of amidine groups is 1. The van der Waals surface area contributed by atoms with Gasteiger partial charge in [-0.15, -0.1) is 0 Å². The van der Waals surface area contributed by atoms with Crippen LogP contribution in [0.25, 0.3) is 11.0 Å². The summed E-state index contributed by atoms with van der Waals surface area (Å²) < 4.78 is 0. The predicted octanol–water partition coefficient (Wildman–Crippen LogP) is 3.32. The zero-order valence-electron chi connectivity index (χ0n) is 24.2. The SMILES string of the molecule is Cc1ccc(C(=O)NC(=N)C=C(N)C(C)(C)C)cc1Nc1ncnc2c(N)nc(N3CCN4CCCCC4C3)nc12. The first-order valence-corrected chi connectivity index (χ1v) is 14.0. The normalized spacial score (nSPS) is 18.2. The number of carbonyl (C=O) groups excluding carboxylic acids is 1. The van der Waals surface area contributed by atoms with Crippen LogP contribution in [0.4, 0.5) is 23.3 Å². The van der Waals surface area contributed by atoms with Gasteiger partial charge in [0.1, 0.15) is 23.2 Å². The van der Waals surface area contributed by atoms with E-state index in [1.807, 2.05) is 33.8 Å². The van der Waals surface area contributed by atoms with Gasteiger partial charge in [-0.1, -0.05) is 33.3 Å². The van der Waals surface area contributed by atoms with Crippen molar-refractivity contribution >= 4 is 46.0 Å². The van der Waals surface area contributed by atoms with Crippen LogP contribution >= 0.6 is 0 Å². The highest BCUT2D eigenvalue weighted by atomic mass is 16.1. The minimum atomic E-state index is -0.417. The number of benzene rings is 1. The number of nitrogens with zero attached hydrogens (tertiary/aromatic N) is 6. The van der Waals surface area contributed by atoms with E-state index in [1.165, 1.54) is 31.7 Å². The Bertz CT molecular complexity index is 1510. The second kappa shape index (κ2) is 11.3. The number of aromatic nitrogens is 4. The molecule has 0 aliphatic carbocycles. The molecule has 216 valence electrons. The van der Waals surface area contributed by atoms with Gasteiger partial charge in [0.25, 0.3) is 5.91 Å².